The van der Waals surface area contributed by atoms with Gasteiger partial charge in [0, 0.05) is 11.1 Å². The van der Waals surface area contributed by atoms with Gasteiger partial charge >= 0.3 is 0 Å². The molecule has 0 aliphatic heterocycles. The van der Waals surface area contributed by atoms with Crippen LogP contribution in [0, 0.1) is 23.7 Å². The Labute approximate surface area is 226 Å². The van der Waals surface area contributed by atoms with Gasteiger partial charge < -0.3 is 0 Å². The number of rotatable bonds is 2. The quantitative estimate of drug-likeness (QED) is 0.271. The summed E-state index contributed by atoms with van der Waals surface area (Å²) in [7, 11) is 0. The van der Waals surface area contributed by atoms with E-state index in [1.54, 1.807) is 24.3 Å². The third kappa shape index (κ3) is 9.72. The summed E-state index contributed by atoms with van der Waals surface area (Å²) in [4.78, 5) is 0. The van der Waals surface area contributed by atoms with Gasteiger partial charge in [0.25, 0.3) is 0 Å². The molecule has 0 atom stereocenters. The summed E-state index contributed by atoms with van der Waals surface area (Å²) in [6.45, 7) is 8.00. The van der Waals surface area contributed by atoms with Crippen molar-refractivity contribution in [2.75, 3.05) is 0 Å². The van der Waals surface area contributed by atoms with Crippen LogP contribution in [0.1, 0.15) is 113 Å². The van der Waals surface area contributed by atoms with Crippen LogP contribution in [0.5, 0.6) is 0 Å². The lowest BCUT2D eigenvalue weighted by Gasteiger charge is -2.24. The van der Waals surface area contributed by atoms with Gasteiger partial charge in [-0.25, -0.2) is 8.78 Å². The molecule has 2 fully saturated rings. The van der Waals surface area contributed by atoms with Crippen molar-refractivity contribution in [2.24, 2.45) is 0 Å². The minimum Gasteiger partial charge on any atom is -0.247 e. The van der Waals surface area contributed by atoms with Crippen LogP contribution in [0.3, 0.4) is 0 Å². The van der Waals surface area contributed by atoms with Crippen molar-refractivity contribution in [3.63, 3.8) is 0 Å². The molecular weight excluding hydrogens is 484 g/mol. The van der Waals surface area contributed by atoms with Gasteiger partial charge in [-0.1, -0.05) is 63.8 Å². The SMILES string of the molecule is CC.CC.F/C(C#Cc1ccc(C2CCC(F)CC2)cc1)=C(/F)C#Cc1ccc(C2CCC(F)CC2)cc1. The van der Waals surface area contributed by atoms with E-state index in [0.717, 1.165) is 36.8 Å². The molecule has 0 amide bonds. The second kappa shape index (κ2) is 16.8. The van der Waals surface area contributed by atoms with Crippen molar-refractivity contribution in [1.29, 1.82) is 0 Å². The molecule has 0 heterocycles. The highest BCUT2D eigenvalue weighted by molar-refractivity contribution is 5.46. The molecule has 0 unspecified atom stereocenters. The Morgan fingerprint density at radius 1 is 0.526 bits per heavy atom. The highest BCUT2D eigenvalue weighted by atomic mass is 19.2. The van der Waals surface area contributed by atoms with Crippen LogP contribution in [0.2, 0.25) is 0 Å². The molecule has 0 aromatic heterocycles. The van der Waals surface area contributed by atoms with E-state index in [-0.39, 0.29) is 0 Å². The molecule has 0 bridgehead atoms. The molecule has 2 aliphatic carbocycles. The highest BCUT2D eigenvalue weighted by Gasteiger charge is 2.22. The second-order valence-electron chi connectivity index (χ2n) is 9.27. The van der Waals surface area contributed by atoms with Crippen LogP contribution in [0.25, 0.3) is 0 Å². The third-order valence-corrected chi connectivity index (χ3v) is 6.90. The molecule has 38 heavy (non-hydrogen) atoms. The first-order chi connectivity index (χ1) is 18.5. The molecule has 2 aromatic carbocycles. The number of halogens is 4. The Morgan fingerprint density at radius 3 is 1.11 bits per heavy atom. The maximum atomic E-state index is 14.1. The minimum atomic E-state index is -1.20. The number of hydrogen-bond acceptors (Lipinski definition) is 0. The van der Waals surface area contributed by atoms with Crippen molar-refractivity contribution < 1.29 is 17.6 Å². The van der Waals surface area contributed by atoms with Crippen molar-refractivity contribution in [3.8, 4) is 23.7 Å². The Bertz CT molecular complexity index is 1020. The predicted molar refractivity (Wildman–Crippen MR) is 151 cm³/mol. The molecule has 0 nitrogen and oxygen atoms in total. The standard InChI is InChI=1S/C30H28F4.2C2H6/c31-27-15-11-25(12-16-27)23-7-1-21(2-8-23)5-19-29(33)30(34)20-6-22-3-9-24(10-4-22)26-13-17-28(32)18-14-26;2*1-2/h1-4,7-10,25-28H,11-18H2;2*1-2H3/b30-29+;;. The first-order valence-electron chi connectivity index (χ1n) is 14.1. The topological polar surface area (TPSA) is 0 Å². The molecule has 2 aliphatic rings. The average Bonchev–Trinajstić information content (AvgIpc) is 2.98. The van der Waals surface area contributed by atoms with Crippen molar-refractivity contribution in [1.82, 2.24) is 0 Å². The summed E-state index contributed by atoms with van der Waals surface area (Å²) in [6.07, 6.45) is 4.30. The molecule has 0 radical (unpaired) electrons. The van der Waals surface area contributed by atoms with Gasteiger partial charge in [0.2, 0.25) is 11.7 Å². The number of benzene rings is 2. The average molecular weight is 525 g/mol. The summed E-state index contributed by atoms with van der Waals surface area (Å²) >= 11 is 0. The van der Waals surface area contributed by atoms with Gasteiger partial charge in [0.1, 0.15) is 12.3 Å². The van der Waals surface area contributed by atoms with Gasteiger partial charge in [-0.05, 0) is 110 Å². The Morgan fingerprint density at radius 2 is 0.816 bits per heavy atom. The largest absolute Gasteiger partial charge is 0.247 e. The first-order valence-corrected chi connectivity index (χ1v) is 14.1. The third-order valence-electron chi connectivity index (χ3n) is 6.90. The first kappa shape index (κ1) is 31.2. The molecule has 4 heteroatoms. The van der Waals surface area contributed by atoms with E-state index in [1.807, 2.05) is 52.0 Å². The molecule has 2 saturated carbocycles. The number of hydrogen-bond donors (Lipinski definition) is 0. The van der Waals surface area contributed by atoms with E-state index in [2.05, 4.69) is 23.7 Å². The zero-order valence-electron chi connectivity index (χ0n) is 23.1. The van der Waals surface area contributed by atoms with E-state index >= 15 is 0 Å². The van der Waals surface area contributed by atoms with Crippen LogP contribution < -0.4 is 0 Å². The molecule has 2 aromatic rings. The normalized spacial score (nSPS) is 22.9. The second-order valence-corrected chi connectivity index (χ2v) is 9.27. The number of allylic oxidation sites excluding steroid dienone is 2. The molecular formula is C34H40F4. The zero-order valence-corrected chi connectivity index (χ0v) is 23.1. The van der Waals surface area contributed by atoms with E-state index in [4.69, 9.17) is 0 Å². The maximum absolute atomic E-state index is 14.1. The summed E-state index contributed by atoms with van der Waals surface area (Å²) < 4.78 is 54.8. The summed E-state index contributed by atoms with van der Waals surface area (Å²) in [5, 5.41) is 0. The van der Waals surface area contributed by atoms with Crippen LogP contribution in [-0.2, 0) is 0 Å². The minimum absolute atomic E-state index is 0.345. The summed E-state index contributed by atoms with van der Waals surface area (Å²) in [5.41, 5.74) is 3.42. The van der Waals surface area contributed by atoms with Crippen molar-refractivity contribution >= 4 is 0 Å². The number of alkyl halides is 2. The van der Waals surface area contributed by atoms with E-state index in [9.17, 15) is 17.6 Å². The monoisotopic (exact) mass is 524 g/mol. The van der Waals surface area contributed by atoms with Crippen LogP contribution in [0.15, 0.2) is 60.2 Å². The lowest BCUT2D eigenvalue weighted by atomic mass is 9.83. The molecule has 204 valence electrons. The van der Waals surface area contributed by atoms with E-state index < -0.39 is 24.0 Å². The Hall–Kier alpha value is -2.98. The molecule has 0 saturated heterocycles. The van der Waals surface area contributed by atoms with Gasteiger partial charge in [0.05, 0.1) is 0 Å². The molecule has 0 spiro atoms. The van der Waals surface area contributed by atoms with Gasteiger partial charge in [-0.15, -0.1) is 0 Å². The maximum Gasteiger partial charge on any atom is 0.217 e. The van der Waals surface area contributed by atoms with Crippen molar-refractivity contribution in [2.45, 2.75) is 103 Å². The fraction of sp³-hybridized carbons (Fsp3) is 0.471. The smallest absolute Gasteiger partial charge is 0.217 e. The van der Waals surface area contributed by atoms with Gasteiger partial charge in [0.15, 0.2) is 0 Å². The fourth-order valence-electron chi connectivity index (χ4n) is 4.81. The van der Waals surface area contributed by atoms with Crippen LogP contribution in [0.4, 0.5) is 17.6 Å². The van der Waals surface area contributed by atoms with E-state index in [0.29, 0.717) is 48.6 Å². The highest BCUT2D eigenvalue weighted by Crippen LogP contribution is 2.35. The van der Waals surface area contributed by atoms with Gasteiger partial charge in [-0.2, -0.15) is 8.78 Å². The summed E-state index contributed by atoms with van der Waals surface area (Å²) in [6, 6.07) is 14.8. The lowest BCUT2D eigenvalue weighted by Crippen LogP contribution is -2.13. The van der Waals surface area contributed by atoms with Crippen LogP contribution in [-0.4, -0.2) is 12.3 Å². The molecule has 0 N–H and O–H groups in total. The predicted octanol–water partition coefficient (Wildman–Crippen LogP) is 10.3. The summed E-state index contributed by atoms with van der Waals surface area (Å²) in [5.74, 6) is 7.96. The zero-order chi connectivity index (χ0) is 27.9. The fourth-order valence-corrected chi connectivity index (χ4v) is 4.81. The lowest BCUT2D eigenvalue weighted by molar-refractivity contribution is 0.235. The Balaban J connectivity index is 0.00000121. The van der Waals surface area contributed by atoms with Crippen molar-refractivity contribution in [3.05, 3.63) is 82.4 Å². The Kier molecular flexibility index (Phi) is 13.8. The molecule has 4 rings (SSSR count). The van der Waals surface area contributed by atoms with Gasteiger partial charge in [-0.3, -0.25) is 0 Å². The van der Waals surface area contributed by atoms with E-state index in [1.165, 1.54) is 0 Å². The van der Waals surface area contributed by atoms with Crippen LogP contribution >= 0.6 is 0 Å².